The molecule has 1 unspecified atom stereocenters. The molecule has 0 saturated carbocycles. The Morgan fingerprint density at radius 1 is 1.12 bits per heavy atom. The Morgan fingerprint density at radius 2 is 1.84 bits per heavy atom. The van der Waals surface area contributed by atoms with Gasteiger partial charge in [0.25, 0.3) is 0 Å². The number of carbonyl (C=O) groups is 2. The Morgan fingerprint density at radius 3 is 2.56 bits per heavy atom. The van der Waals surface area contributed by atoms with Crippen molar-refractivity contribution in [2.24, 2.45) is 0 Å². The predicted molar refractivity (Wildman–Crippen MR) is 119 cm³/mol. The topological polar surface area (TPSA) is 121 Å². The van der Waals surface area contributed by atoms with Crippen LogP contribution in [-0.2, 0) is 29.4 Å². The lowest BCUT2D eigenvalue weighted by atomic mass is 10.1. The van der Waals surface area contributed by atoms with Crippen LogP contribution in [0.4, 0.5) is 0 Å². The normalized spacial score (nSPS) is 21.3. The van der Waals surface area contributed by atoms with Gasteiger partial charge in [0.15, 0.2) is 9.84 Å². The number of rotatable bonds is 5. The van der Waals surface area contributed by atoms with Gasteiger partial charge in [-0.05, 0) is 47.9 Å². The maximum Gasteiger partial charge on any atom is 0.243 e. The molecule has 2 heterocycles. The fourth-order valence-corrected chi connectivity index (χ4v) is 6.71. The van der Waals surface area contributed by atoms with Gasteiger partial charge in [0.2, 0.25) is 21.8 Å². The zero-order valence-electron chi connectivity index (χ0n) is 17.0. The number of amides is 2. The van der Waals surface area contributed by atoms with Crippen molar-refractivity contribution < 1.29 is 26.4 Å². The Kier molecular flexibility index (Phi) is 6.19. The standard InChI is InChI=1S/C20H22ClN3O6S2/c21-16-5-3-15-11-17(6-4-14(15)10-16)32(29,30)22-18-2-1-7-23(20(18)26)12-19(25)24-8-9-31(27,28)13-24/h3-6,10-11,18,22H,1-2,7-9,12-13H2. The van der Waals surface area contributed by atoms with Gasteiger partial charge >= 0.3 is 0 Å². The molecule has 0 aromatic heterocycles. The molecule has 2 amide bonds. The van der Waals surface area contributed by atoms with Gasteiger partial charge in [-0.15, -0.1) is 0 Å². The molecule has 9 nitrogen and oxygen atoms in total. The van der Waals surface area contributed by atoms with Crippen molar-refractivity contribution >= 4 is 54.0 Å². The summed E-state index contributed by atoms with van der Waals surface area (Å²) in [5.74, 6) is -1.40. The number of fused-ring (bicyclic) bond motifs is 1. The van der Waals surface area contributed by atoms with Gasteiger partial charge in [0, 0.05) is 18.1 Å². The van der Waals surface area contributed by atoms with E-state index in [0.717, 1.165) is 5.39 Å². The van der Waals surface area contributed by atoms with E-state index < -0.39 is 37.7 Å². The smallest absolute Gasteiger partial charge is 0.243 e. The summed E-state index contributed by atoms with van der Waals surface area (Å²) in [5.41, 5.74) is 0. The molecular weight excluding hydrogens is 478 g/mol. The molecular formula is C20H22ClN3O6S2. The van der Waals surface area contributed by atoms with Crippen molar-refractivity contribution in [3.63, 3.8) is 0 Å². The van der Waals surface area contributed by atoms with Gasteiger partial charge < -0.3 is 9.80 Å². The average Bonchev–Trinajstić information content (AvgIpc) is 3.10. The van der Waals surface area contributed by atoms with Gasteiger partial charge in [-0.2, -0.15) is 4.72 Å². The highest BCUT2D eigenvalue weighted by Crippen LogP contribution is 2.23. The van der Waals surface area contributed by atoms with Gasteiger partial charge in [-0.3, -0.25) is 9.59 Å². The van der Waals surface area contributed by atoms with Crippen LogP contribution in [-0.4, -0.2) is 75.8 Å². The third-order valence-corrected chi connectivity index (χ3v) is 8.83. The van der Waals surface area contributed by atoms with Crippen molar-refractivity contribution in [3.8, 4) is 0 Å². The molecule has 2 aromatic carbocycles. The first-order valence-electron chi connectivity index (χ1n) is 10.0. The predicted octanol–water partition coefficient (Wildman–Crippen LogP) is 0.977. The number of hydrogen-bond donors (Lipinski definition) is 1. The van der Waals surface area contributed by atoms with Crippen molar-refractivity contribution in [2.75, 3.05) is 31.3 Å². The summed E-state index contributed by atoms with van der Waals surface area (Å²) in [6.07, 6.45) is 0.824. The molecule has 1 atom stereocenters. The Hall–Kier alpha value is -2.21. The van der Waals surface area contributed by atoms with Gasteiger partial charge in [-0.1, -0.05) is 23.7 Å². The van der Waals surface area contributed by atoms with E-state index in [1.807, 2.05) is 0 Å². The Balaban J connectivity index is 1.46. The molecule has 2 saturated heterocycles. The molecule has 0 bridgehead atoms. The molecule has 0 radical (unpaired) electrons. The third-order valence-electron chi connectivity index (χ3n) is 5.62. The number of halogens is 1. The lowest BCUT2D eigenvalue weighted by Gasteiger charge is -2.32. The van der Waals surface area contributed by atoms with Crippen LogP contribution in [0.5, 0.6) is 0 Å². The zero-order valence-corrected chi connectivity index (χ0v) is 19.4. The van der Waals surface area contributed by atoms with E-state index in [1.54, 1.807) is 24.3 Å². The third kappa shape index (κ3) is 4.90. The molecule has 2 fully saturated rings. The first-order valence-corrected chi connectivity index (χ1v) is 13.7. The zero-order chi connectivity index (χ0) is 23.1. The molecule has 2 aromatic rings. The first-order chi connectivity index (χ1) is 15.0. The van der Waals surface area contributed by atoms with Gasteiger partial charge in [0.1, 0.15) is 11.9 Å². The molecule has 172 valence electrons. The molecule has 32 heavy (non-hydrogen) atoms. The summed E-state index contributed by atoms with van der Waals surface area (Å²) >= 11 is 5.97. The molecule has 0 aliphatic carbocycles. The van der Waals surface area contributed by atoms with E-state index in [4.69, 9.17) is 11.6 Å². The largest absolute Gasteiger partial charge is 0.332 e. The van der Waals surface area contributed by atoms with Crippen molar-refractivity contribution in [1.29, 1.82) is 0 Å². The maximum atomic E-state index is 12.9. The number of nitrogens with one attached hydrogen (secondary N) is 1. The summed E-state index contributed by atoms with van der Waals surface area (Å²) in [4.78, 5) is 27.8. The Bertz CT molecular complexity index is 1300. The first kappa shape index (κ1) is 23.0. The quantitative estimate of drug-likeness (QED) is 0.654. The van der Waals surface area contributed by atoms with Crippen LogP contribution in [0.25, 0.3) is 10.8 Å². The SMILES string of the molecule is O=C(CN1CCCC(NS(=O)(=O)c2ccc3cc(Cl)ccc3c2)C1=O)N1CCS(=O)(=O)C1. The lowest BCUT2D eigenvalue weighted by molar-refractivity contribution is -0.142. The van der Waals surface area contributed by atoms with Crippen molar-refractivity contribution in [2.45, 2.75) is 23.8 Å². The number of benzene rings is 2. The highest BCUT2D eigenvalue weighted by Gasteiger charge is 2.36. The summed E-state index contributed by atoms with van der Waals surface area (Å²) in [7, 11) is -7.26. The van der Waals surface area contributed by atoms with Gasteiger partial charge in [0.05, 0.1) is 17.2 Å². The molecule has 0 spiro atoms. The van der Waals surface area contributed by atoms with E-state index in [2.05, 4.69) is 4.72 Å². The Labute approximate surface area is 191 Å². The van der Waals surface area contributed by atoms with E-state index in [0.29, 0.717) is 29.8 Å². The highest BCUT2D eigenvalue weighted by molar-refractivity contribution is 7.91. The summed E-state index contributed by atoms with van der Waals surface area (Å²) in [5, 5.41) is 2.03. The van der Waals surface area contributed by atoms with E-state index >= 15 is 0 Å². The lowest BCUT2D eigenvalue weighted by Crippen LogP contribution is -2.54. The van der Waals surface area contributed by atoms with Crippen LogP contribution >= 0.6 is 11.6 Å². The second-order valence-corrected chi connectivity index (χ2v) is 12.3. The summed E-state index contributed by atoms with van der Waals surface area (Å²) in [6.45, 7) is 0.135. The van der Waals surface area contributed by atoms with Crippen LogP contribution in [0.1, 0.15) is 12.8 Å². The fraction of sp³-hybridized carbons (Fsp3) is 0.400. The molecule has 2 aliphatic heterocycles. The average molecular weight is 500 g/mol. The number of sulfonamides is 1. The molecule has 12 heteroatoms. The highest BCUT2D eigenvalue weighted by atomic mass is 35.5. The van der Waals surface area contributed by atoms with E-state index in [1.165, 1.54) is 21.9 Å². The summed E-state index contributed by atoms with van der Waals surface area (Å²) < 4.78 is 51.5. The van der Waals surface area contributed by atoms with Crippen LogP contribution in [0, 0.1) is 0 Å². The van der Waals surface area contributed by atoms with Crippen LogP contribution in [0.2, 0.25) is 5.02 Å². The number of piperidine rings is 1. The van der Waals surface area contributed by atoms with E-state index in [9.17, 15) is 26.4 Å². The van der Waals surface area contributed by atoms with E-state index in [-0.39, 0.29) is 29.6 Å². The monoisotopic (exact) mass is 499 g/mol. The van der Waals surface area contributed by atoms with Gasteiger partial charge in [-0.25, -0.2) is 16.8 Å². The minimum atomic E-state index is -3.98. The fourth-order valence-electron chi connectivity index (χ4n) is 3.90. The molecule has 4 rings (SSSR count). The van der Waals surface area contributed by atoms with Crippen molar-refractivity contribution in [3.05, 3.63) is 41.4 Å². The van der Waals surface area contributed by atoms with Crippen LogP contribution in [0.3, 0.4) is 0 Å². The number of nitrogens with zero attached hydrogens (tertiary/aromatic N) is 2. The van der Waals surface area contributed by atoms with Crippen LogP contribution < -0.4 is 4.72 Å². The maximum absolute atomic E-state index is 12.9. The van der Waals surface area contributed by atoms with Crippen molar-refractivity contribution in [1.82, 2.24) is 14.5 Å². The second kappa shape index (κ2) is 8.62. The number of sulfone groups is 1. The number of hydrogen-bond acceptors (Lipinski definition) is 6. The number of carbonyl (C=O) groups excluding carboxylic acids is 2. The minimum absolute atomic E-state index is 0.0237. The summed E-state index contributed by atoms with van der Waals surface area (Å²) in [6, 6.07) is 8.72. The van der Waals surface area contributed by atoms with Crippen LogP contribution in [0.15, 0.2) is 41.3 Å². The minimum Gasteiger partial charge on any atom is -0.332 e. The molecule has 1 N–H and O–H groups in total. The second-order valence-electron chi connectivity index (χ2n) is 7.96. The molecule has 2 aliphatic rings. The number of likely N-dealkylation sites (tertiary alicyclic amines) is 1.